The SMILES string of the molecule is C=CC1C[C@]1(NC(=O)[C@@H]1C[C@@H](OC(=O)N2Cc3cccc(F)c3C2)CN1C(=O)[C@H](NC(=O)OC(C)(C)C(F)(F)F)C(C)(C)C)C(=O)NS(=O)(=O)C1CC1. The van der Waals surface area contributed by atoms with Crippen LogP contribution < -0.4 is 15.4 Å². The monoisotopic (exact) mass is 773 g/mol. The molecule has 3 N–H and O–H groups in total. The predicted molar refractivity (Wildman–Crippen MR) is 178 cm³/mol. The summed E-state index contributed by atoms with van der Waals surface area (Å²) in [5.41, 5.74) is -4.97. The van der Waals surface area contributed by atoms with Gasteiger partial charge in [0.15, 0.2) is 0 Å². The number of hydrogen-bond donors (Lipinski definition) is 3. The number of likely N-dealkylation sites (tertiary alicyclic amines) is 1. The Labute approximate surface area is 304 Å². The molecule has 1 aromatic rings. The van der Waals surface area contributed by atoms with Crippen molar-refractivity contribution >= 4 is 39.9 Å². The number of carbonyl (C=O) groups is 5. The van der Waals surface area contributed by atoms with Gasteiger partial charge in [-0.05, 0) is 50.2 Å². The van der Waals surface area contributed by atoms with Crippen LogP contribution in [-0.2, 0) is 47.0 Å². The van der Waals surface area contributed by atoms with Crippen molar-refractivity contribution in [3.63, 3.8) is 0 Å². The van der Waals surface area contributed by atoms with Crippen molar-refractivity contribution in [1.29, 1.82) is 0 Å². The molecule has 14 nitrogen and oxygen atoms in total. The lowest BCUT2D eigenvalue weighted by molar-refractivity contribution is -0.244. The second-order valence-electron chi connectivity index (χ2n) is 15.5. The van der Waals surface area contributed by atoms with E-state index in [0.29, 0.717) is 37.8 Å². The number of fused-ring (bicyclic) bond motifs is 1. The molecule has 0 bridgehead atoms. The van der Waals surface area contributed by atoms with Crippen molar-refractivity contribution in [1.82, 2.24) is 25.2 Å². The number of sulfonamides is 1. The van der Waals surface area contributed by atoms with Crippen LogP contribution in [0.1, 0.15) is 71.4 Å². The molecule has 4 aliphatic rings. The maximum Gasteiger partial charge on any atom is 0.427 e. The molecule has 1 saturated heterocycles. The number of hydrogen-bond acceptors (Lipinski definition) is 9. The lowest BCUT2D eigenvalue weighted by Gasteiger charge is -2.36. The number of nitrogens with zero attached hydrogens (tertiary/aromatic N) is 2. The van der Waals surface area contributed by atoms with Crippen LogP contribution in [0.3, 0.4) is 0 Å². The summed E-state index contributed by atoms with van der Waals surface area (Å²) < 4.78 is 92.4. The topological polar surface area (TPSA) is 181 Å². The molecular formula is C34H43F4N5O9S. The van der Waals surface area contributed by atoms with Gasteiger partial charge in [-0.1, -0.05) is 39.0 Å². The number of halogens is 4. The van der Waals surface area contributed by atoms with E-state index in [1.54, 1.807) is 6.07 Å². The molecule has 2 aliphatic carbocycles. The van der Waals surface area contributed by atoms with Crippen LogP contribution in [0, 0.1) is 17.2 Å². The van der Waals surface area contributed by atoms with Crippen molar-refractivity contribution in [3.8, 4) is 0 Å². The fourth-order valence-electron chi connectivity index (χ4n) is 6.37. The van der Waals surface area contributed by atoms with Crippen molar-refractivity contribution < 1.29 is 59.4 Å². The minimum atomic E-state index is -4.95. The molecule has 0 spiro atoms. The van der Waals surface area contributed by atoms with E-state index in [4.69, 9.17) is 4.74 Å². The second-order valence-corrected chi connectivity index (χ2v) is 17.5. The van der Waals surface area contributed by atoms with Gasteiger partial charge in [0.2, 0.25) is 27.4 Å². The smallest absolute Gasteiger partial charge is 0.427 e. The summed E-state index contributed by atoms with van der Waals surface area (Å²) in [4.78, 5) is 70.0. The fourth-order valence-corrected chi connectivity index (χ4v) is 7.74. The molecule has 292 valence electrons. The van der Waals surface area contributed by atoms with Gasteiger partial charge in [0.25, 0.3) is 5.91 Å². The lowest BCUT2D eigenvalue weighted by atomic mass is 9.85. The fraction of sp³-hybridized carbons (Fsp3) is 0.618. The summed E-state index contributed by atoms with van der Waals surface area (Å²) in [6, 6.07) is 1.35. The first-order chi connectivity index (χ1) is 24.4. The van der Waals surface area contributed by atoms with Gasteiger partial charge in [0, 0.05) is 24.4 Å². The highest BCUT2D eigenvalue weighted by Crippen LogP contribution is 2.45. The Balaban J connectivity index is 1.39. The summed E-state index contributed by atoms with van der Waals surface area (Å²) >= 11 is 0. The summed E-state index contributed by atoms with van der Waals surface area (Å²) in [5, 5.41) is 4.03. The van der Waals surface area contributed by atoms with E-state index in [0.717, 1.165) is 4.90 Å². The van der Waals surface area contributed by atoms with E-state index in [9.17, 15) is 50.0 Å². The molecule has 2 heterocycles. The molecule has 5 amide bonds. The number of ether oxygens (including phenoxy) is 2. The van der Waals surface area contributed by atoms with Crippen molar-refractivity contribution in [2.24, 2.45) is 11.3 Å². The van der Waals surface area contributed by atoms with Crippen LogP contribution in [0.5, 0.6) is 0 Å². The molecule has 53 heavy (non-hydrogen) atoms. The number of carbonyl (C=O) groups excluding carboxylic acids is 5. The zero-order valence-corrected chi connectivity index (χ0v) is 30.7. The largest absolute Gasteiger partial charge is 0.444 e. The highest BCUT2D eigenvalue weighted by Gasteiger charge is 2.62. The third kappa shape index (κ3) is 8.23. The molecule has 3 fully saturated rings. The summed E-state index contributed by atoms with van der Waals surface area (Å²) in [7, 11) is -4.01. The van der Waals surface area contributed by atoms with Crippen LogP contribution in [-0.4, -0.2) is 95.4 Å². The first-order valence-corrected chi connectivity index (χ1v) is 18.5. The average Bonchev–Trinajstić information content (AvgIpc) is 3.92. The van der Waals surface area contributed by atoms with Gasteiger partial charge in [-0.15, -0.1) is 6.58 Å². The Morgan fingerprint density at radius 3 is 2.26 bits per heavy atom. The average molecular weight is 774 g/mol. The highest BCUT2D eigenvalue weighted by molar-refractivity contribution is 7.91. The molecule has 19 heteroatoms. The Morgan fingerprint density at radius 1 is 1.06 bits per heavy atom. The van der Waals surface area contributed by atoms with Gasteiger partial charge >= 0.3 is 18.4 Å². The van der Waals surface area contributed by atoms with Crippen LogP contribution in [0.2, 0.25) is 0 Å². The first-order valence-electron chi connectivity index (χ1n) is 17.0. The molecule has 5 atom stereocenters. The normalized spacial score (nSPS) is 24.8. The van der Waals surface area contributed by atoms with Gasteiger partial charge in [-0.3, -0.25) is 24.0 Å². The number of alkyl carbamates (subject to hydrolysis) is 1. The minimum absolute atomic E-state index is 0.00752. The van der Waals surface area contributed by atoms with E-state index in [-0.39, 0.29) is 25.9 Å². The minimum Gasteiger partial charge on any atom is -0.444 e. The number of rotatable bonds is 10. The van der Waals surface area contributed by atoms with Crippen molar-refractivity contribution in [2.75, 3.05) is 6.54 Å². The summed E-state index contributed by atoms with van der Waals surface area (Å²) in [6.07, 6.45) is -6.76. The Morgan fingerprint density at radius 2 is 1.72 bits per heavy atom. The molecule has 0 radical (unpaired) electrons. The maximum absolute atomic E-state index is 14.4. The zero-order chi connectivity index (χ0) is 39.5. The van der Waals surface area contributed by atoms with E-state index < -0.39 is 104 Å². The van der Waals surface area contributed by atoms with Gasteiger partial charge in [-0.2, -0.15) is 13.2 Å². The number of nitrogens with one attached hydrogen (secondary N) is 3. The lowest BCUT2D eigenvalue weighted by Crippen LogP contribution is -2.60. The molecule has 5 rings (SSSR count). The second kappa shape index (κ2) is 13.8. The van der Waals surface area contributed by atoms with E-state index in [2.05, 4.69) is 21.9 Å². The Hall–Kier alpha value is -4.42. The van der Waals surface area contributed by atoms with E-state index in [1.807, 2.05) is 4.72 Å². The summed E-state index contributed by atoms with van der Waals surface area (Å²) in [6.45, 7) is 8.96. The molecule has 2 aliphatic heterocycles. The van der Waals surface area contributed by atoms with Gasteiger partial charge < -0.3 is 25.0 Å². The van der Waals surface area contributed by atoms with Gasteiger partial charge in [-0.25, -0.2) is 22.4 Å². The third-order valence-electron chi connectivity index (χ3n) is 9.95. The number of amides is 5. The standard InChI is InChI=1S/C34H43F4N5O9S/c1-7-19-14-33(19,28(46)41-53(49,50)21-11-12-21)40-26(44)24-13-20(51-30(48)42-15-18-9-8-10-23(35)22(18)17-42)16-43(24)27(45)25(31(2,3)4)39-29(47)52-32(5,6)34(36,37)38/h7-10,19-21,24-25H,1,11-17H2,2-6H3,(H,39,47)(H,40,44)(H,41,46)/t19?,20-,24+,25+,33-/m1/s1. The molecule has 1 unspecified atom stereocenters. The zero-order valence-electron chi connectivity index (χ0n) is 29.8. The Kier molecular flexibility index (Phi) is 10.3. The molecule has 2 saturated carbocycles. The molecular weight excluding hydrogens is 730 g/mol. The first kappa shape index (κ1) is 39.8. The highest BCUT2D eigenvalue weighted by atomic mass is 32.2. The predicted octanol–water partition coefficient (Wildman–Crippen LogP) is 3.40. The maximum atomic E-state index is 14.4. The third-order valence-corrected chi connectivity index (χ3v) is 11.8. The summed E-state index contributed by atoms with van der Waals surface area (Å²) in [5.74, 6) is -4.05. The van der Waals surface area contributed by atoms with Gasteiger partial charge in [0.05, 0.1) is 18.3 Å². The number of benzene rings is 1. The molecule has 0 aromatic heterocycles. The molecule has 1 aromatic carbocycles. The Bertz CT molecular complexity index is 1810. The van der Waals surface area contributed by atoms with Crippen LogP contribution in [0.4, 0.5) is 27.2 Å². The van der Waals surface area contributed by atoms with E-state index >= 15 is 0 Å². The van der Waals surface area contributed by atoms with Crippen molar-refractivity contribution in [2.45, 2.75) is 114 Å². The van der Waals surface area contributed by atoms with Gasteiger partial charge in [0.1, 0.15) is 29.5 Å². The van der Waals surface area contributed by atoms with E-state index in [1.165, 1.54) is 43.9 Å². The van der Waals surface area contributed by atoms with Crippen LogP contribution >= 0.6 is 0 Å². The van der Waals surface area contributed by atoms with Crippen molar-refractivity contribution in [3.05, 3.63) is 47.8 Å². The van der Waals surface area contributed by atoms with Crippen LogP contribution in [0.25, 0.3) is 0 Å². The quantitative estimate of drug-likeness (QED) is 0.237. The van der Waals surface area contributed by atoms with Crippen LogP contribution in [0.15, 0.2) is 30.9 Å². The number of alkyl halides is 3.